The van der Waals surface area contributed by atoms with Crippen molar-refractivity contribution in [2.75, 3.05) is 6.26 Å². The van der Waals surface area contributed by atoms with E-state index in [1.807, 2.05) is 11.8 Å². The number of hydrogen-bond acceptors (Lipinski definition) is 2. The van der Waals surface area contributed by atoms with Gasteiger partial charge >= 0.3 is 0 Å². The first kappa shape index (κ1) is 14.9. The summed E-state index contributed by atoms with van der Waals surface area (Å²) in [5, 5.41) is 0. The highest BCUT2D eigenvalue weighted by molar-refractivity contribution is 14.1. The van der Waals surface area contributed by atoms with E-state index in [0.29, 0.717) is 4.75 Å². The van der Waals surface area contributed by atoms with Crippen LogP contribution in [0.2, 0.25) is 0 Å². The summed E-state index contributed by atoms with van der Waals surface area (Å²) >= 11 is 9.93. The molecule has 1 aliphatic carbocycles. The standard InChI is InChI=1S/C15H19IN2S2/c1-20-15(7-3-2-4-8-15)10-18-13-6-5-11(16)9-12(13)17-14(18)19/h5-6,9H,2-4,7-8,10H2,1H3,(H,17,19). The first-order valence-corrected chi connectivity index (χ1v) is 9.78. The van der Waals surface area contributed by atoms with Gasteiger partial charge in [0.1, 0.15) is 0 Å². The van der Waals surface area contributed by atoms with E-state index in [1.54, 1.807) is 0 Å². The lowest BCUT2D eigenvalue weighted by Crippen LogP contribution is -2.33. The Morgan fingerprint density at radius 2 is 2.10 bits per heavy atom. The number of aromatic nitrogens is 2. The second-order valence-electron chi connectivity index (χ2n) is 5.63. The number of nitrogens with one attached hydrogen (secondary N) is 1. The van der Waals surface area contributed by atoms with Crippen LogP contribution in [-0.4, -0.2) is 20.6 Å². The Bertz CT molecular complexity index is 668. The second-order valence-corrected chi connectivity index (χ2v) is 8.53. The fourth-order valence-electron chi connectivity index (χ4n) is 3.20. The Hall–Kier alpha value is -0.0100. The smallest absolute Gasteiger partial charge is 0.178 e. The Morgan fingerprint density at radius 1 is 1.35 bits per heavy atom. The molecule has 0 radical (unpaired) electrons. The molecule has 0 spiro atoms. The largest absolute Gasteiger partial charge is 0.331 e. The molecule has 2 nitrogen and oxygen atoms in total. The van der Waals surface area contributed by atoms with E-state index >= 15 is 0 Å². The van der Waals surface area contributed by atoms with E-state index in [1.165, 1.54) is 41.2 Å². The molecule has 0 unspecified atom stereocenters. The van der Waals surface area contributed by atoms with Crippen LogP contribution < -0.4 is 0 Å². The van der Waals surface area contributed by atoms with Gasteiger partial charge in [0.25, 0.3) is 0 Å². The summed E-state index contributed by atoms with van der Waals surface area (Å²) < 4.78 is 4.79. The molecule has 3 rings (SSSR count). The maximum absolute atomic E-state index is 5.56. The van der Waals surface area contributed by atoms with Crippen molar-refractivity contribution in [1.29, 1.82) is 0 Å². The van der Waals surface area contributed by atoms with E-state index in [4.69, 9.17) is 12.2 Å². The number of imidazole rings is 1. The van der Waals surface area contributed by atoms with Crippen molar-refractivity contribution in [2.24, 2.45) is 0 Å². The van der Waals surface area contributed by atoms with Gasteiger partial charge in [-0.1, -0.05) is 19.3 Å². The third kappa shape index (κ3) is 2.81. The van der Waals surface area contributed by atoms with E-state index in [2.05, 4.69) is 56.6 Å². The van der Waals surface area contributed by atoms with Gasteiger partial charge in [-0.05, 0) is 72.1 Å². The van der Waals surface area contributed by atoms with Gasteiger partial charge in [0.05, 0.1) is 11.0 Å². The molecular weight excluding hydrogens is 399 g/mol. The van der Waals surface area contributed by atoms with Gasteiger partial charge in [-0.2, -0.15) is 11.8 Å². The molecule has 5 heteroatoms. The average molecular weight is 418 g/mol. The summed E-state index contributed by atoms with van der Waals surface area (Å²) in [6, 6.07) is 6.53. The molecule has 108 valence electrons. The molecule has 1 aromatic heterocycles. The summed E-state index contributed by atoms with van der Waals surface area (Å²) in [4.78, 5) is 3.36. The van der Waals surface area contributed by atoms with Crippen molar-refractivity contribution in [3.63, 3.8) is 0 Å². The highest BCUT2D eigenvalue weighted by atomic mass is 127. The molecule has 0 amide bonds. The zero-order chi connectivity index (χ0) is 14.2. The molecule has 0 bridgehead atoms. The molecule has 1 aliphatic rings. The van der Waals surface area contributed by atoms with Crippen LogP contribution in [0.4, 0.5) is 0 Å². The van der Waals surface area contributed by atoms with Crippen LogP contribution in [0.5, 0.6) is 0 Å². The van der Waals surface area contributed by atoms with Crippen molar-refractivity contribution in [3.8, 4) is 0 Å². The number of fused-ring (bicyclic) bond motifs is 1. The molecule has 0 saturated heterocycles. The summed E-state index contributed by atoms with van der Waals surface area (Å²) in [7, 11) is 0. The number of halogens is 1. The zero-order valence-electron chi connectivity index (χ0n) is 11.6. The Kier molecular flexibility index (Phi) is 4.48. The van der Waals surface area contributed by atoms with Crippen LogP contribution in [-0.2, 0) is 6.54 Å². The van der Waals surface area contributed by atoms with E-state index < -0.39 is 0 Å². The van der Waals surface area contributed by atoms with Crippen LogP contribution in [0.3, 0.4) is 0 Å². The first-order chi connectivity index (χ1) is 9.63. The van der Waals surface area contributed by atoms with Gasteiger partial charge in [-0.15, -0.1) is 0 Å². The maximum atomic E-state index is 5.56. The molecule has 0 atom stereocenters. The molecule has 1 fully saturated rings. The predicted octanol–water partition coefficient (Wildman–Crippen LogP) is 5.37. The van der Waals surface area contributed by atoms with Gasteiger partial charge in [0.15, 0.2) is 4.77 Å². The van der Waals surface area contributed by atoms with Crippen molar-refractivity contribution in [1.82, 2.24) is 9.55 Å². The third-order valence-corrected chi connectivity index (χ3v) is 6.78. The topological polar surface area (TPSA) is 20.7 Å². The second kappa shape index (κ2) is 6.01. The lowest BCUT2D eigenvalue weighted by molar-refractivity contribution is 0.360. The summed E-state index contributed by atoms with van der Waals surface area (Å²) in [6.07, 6.45) is 8.98. The number of hydrogen-bond donors (Lipinski definition) is 1. The summed E-state index contributed by atoms with van der Waals surface area (Å²) in [5.74, 6) is 0. The molecule has 1 aromatic carbocycles. The highest BCUT2D eigenvalue weighted by Crippen LogP contribution is 2.40. The van der Waals surface area contributed by atoms with Gasteiger partial charge in [0, 0.05) is 14.9 Å². The van der Waals surface area contributed by atoms with Crippen LogP contribution in [0.25, 0.3) is 11.0 Å². The van der Waals surface area contributed by atoms with E-state index in [-0.39, 0.29) is 0 Å². The van der Waals surface area contributed by atoms with Gasteiger partial charge < -0.3 is 9.55 Å². The molecule has 20 heavy (non-hydrogen) atoms. The third-order valence-electron chi connectivity index (χ3n) is 4.38. The first-order valence-electron chi connectivity index (χ1n) is 7.07. The minimum atomic E-state index is 0.370. The fourth-order valence-corrected chi connectivity index (χ4v) is 4.92. The van der Waals surface area contributed by atoms with Crippen molar-refractivity contribution >= 4 is 57.6 Å². The minimum Gasteiger partial charge on any atom is -0.331 e. The predicted molar refractivity (Wildman–Crippen MR) is 99.2 cm³/mol. The number of thioether (sulfide) groups is 1. The van der Waals surface area contributed by atoms with Crippen LogP contribution in [0.15, 0.2) is 18.2 Å². The van der Waals surface area contributed by atoms with Crippen LogP contribution in [0, 0.1) is 8.34 Å². The normalized spacial score (nSPS) is 18.5. The number of rotatable bonds is 3. The summed E-state index contributed by atoms with van der Waals surface area (Å²) in [6.45, 7) is 1.04. The highest BCUT2D eigenvalue weighted by Gasteiger charge is 2.32. The van der Waals surface area contributed by atoms with Gasteiger partial charge in [-0.3, -0.25) is 0 Å². The van der Waals surface area contributed by atoms with Crippen LogP contribution in [0.1, 0.15) is 32.1 Å². The Labute approximate surface area is 142 Å². The average Bonchev–Trinajstić information content (AvgIpc) is 2.75. The van der Waals surface area contributed by atoms with Crippen molar-refractivity contribution in [2.45, 2.75) is 43.4 Å². The zero-order valence-corrected chi connectivity index (χ0v) is 15.4. The number of nitrogens with zero attached hydrogens (tertiary/aromatic N) is 1. The molecule has 1 N–H and O–H groups in total. The number of benzene rings is 1. The molecule has 1 saturated carbocycles. The lowest BCUT2D eigenvalue weighted by atomic mass is 9.88. The van der Waals surface area contributed by atoms with Gasteiger partial charge in [0.2, 0.25) is 0 Å². The lowest BCUT2D eigenvalue weighted by Gasteiger charge is -2.36. The molecule has 2 aromatic rings. The number of H-pyrrole nitrogens is 1. The Morgan fingerprint density at radius 3 is 2.80 bits per heavy atom. The van der Waals surface area contributed by atoms with E-state index in [0.717, 1.165) is 16.8 Å². The SMILES string of the molecule is CSC1(Cn2c(=S)[nH]c3cc(I)ccc32)CCCCC1. The maximum Gasteiger partial charge on any atom is 0.178 e. The number of aromatic amines is 1. The molecule has 1 heterocycles. The van der Waals surface area contributed by atoms with Crippen LogP contribution >= 0.6 is 46.6 Å². The minimum absolute atomic E-state index is 0.370. The quantitative estimate of drug-likeness (QED) is 0.535. The van der Waals surface area contributed by atoms with E-state index in [9.17, 15) is 0 Å². The molecule has 0 aliphatic heterocycles. The Balaban J connectivity index is 2.01. The fraction of sp³-hybridized carbons (Fsp3) is 0.533. The molecular formula is C15H19IN2S2. The van der Waals surface area contributed by atoms with Crippen molar-refractivity contribution < 1.29 is 0 Å². The van der Waals surface area contributed by atoms with Gasteiger partial charge in [-0.25, -0.2) is 0 Å². The summed E-state index contributed by atoms with van der Waals surface area (Å²) in [5.41, 5.74) is 2.41. The van der Waals surface area contributed by atoms with Crippen molar-refractivity contribution in [3.05, 3.63) is 26.5 Å². The monoisotopic (exact) mass is 418 g/mol.